The minimum Gasteiger partial charge on any atom is -0.389 e. The van der Waals surface area contributed by atoms with Gasteiger partial charge in [0.1, 0.15) is 10.8 Å². The van der Waals surface area contributed by atoms with Gasteiger partial charge >= 0.3 is 0 Å². The topological polar surface area (TPSA) is 63.4 Å². The fourth-order valence-corrected chi connectivity index (χ4v) is 2.69. The van der Waals surface area contributed by atoms with Crippen LogP contribution in [0.4, 0.5) is 5.82 Å². The van der Waals surface area contributed by atoms with E-state index in [0.717, 1.165) is 62.0 Å². The Balaban J connectivity index is 1.99. The minimum absolute atomic E-state index is 0.392. The molecule has 0 bridgehead atoms. The first-order valence-corrected chi connectivity index (χ1v) is 7.31. The van der Waals surface area contributed by atoms with E-state index >= 15 is 0 Å². The van der Waals surface area contributed by atoms with E-state index in [1.807, 2.05) is 19.9 Å². The summed E-state index contributed by atoms with van der Waals surface area (Å²) < 4.78 is 5.34. The molecule has 20 heavy (non-hydrogen) atoms. The largest absolute Gasteiger partial charge is 0.389 e. The molecule has 5 nitrogen and oxygen atoms in total. The van der Waals surface area contributed by atoms with Crippen LogP contribution in [0, 0.1) is 13.8 Å². The van der Waals surface area contributed by atoms with Crippen molar-refractivity contribution in [2.24, 2.45) is 5.73 Å². The maximum atomic E-state index is 5.80. The highest BCUT2D eigenvalue weighted by molar-refractivity contribution is 7.80. The molecule has 0 aromatic carbocycles. The van der Waals surface area contributed by atoms with Gasteiger partial charge in [-0.3, -0.25) is 4.90 Å². The standard InChI is InChI=1S/C14H22N4OS/c1-10-9-11(2)17-14(12(10)13(15)20)16-3-4-18-5-7-19-8-6-18/h9H,3-8H2,1-2H3,(H2,15,20)(H,16,17). The predicted molar refractivity (Wildman–Crippen MR) is 85.3 cm³/mol. The lowest BCUT2D eigenvalue weighted by molar-refractivity contribution is 0.0398. The first kappa shape index (κ1) is 15.2. The number of nitrogens with two attached hydrogens (primary N) is 1. The zero-order valence-electron chi connectivity index (χ0n) is 12.1. The molecule has 3 N–H and O–H groups in total. The summed E-state index contributed by atoms with van der Waals surface area (Å²) >= 11 is 5.13. The SMILES string of the molecule is Cc1cc(C)c(C(N)=S)c(NCCN2CCOCC2)n1. The van der Waals surface area contributed by atoms with Crippen LogP contribution in [0.3, 0.4) is 0 Å². The van der Waals surface area contributed by atoms with Gasteiger partial charge in [-0.1, -0.05) is 12.2 Å². The van der Waals surface area contributed by atoms with Crippen LogP contribution in [0.5, 0.6) is 0 Å². The highest BCUT2D eigenvalue weighted by Gasteiger charge is 2.13. The van der Waals surface area contributed by atoms with Gasteiger partial charge in [0.15, 0.2) is 0 Å². The monoisotopic (exact) mass is 294 g/mol. The average Bonchev–Trinajstić information content (AvgIpc) is 2.38. The van der Waals surface area contributed by atoms with E-state index < -0.39 is 0 Å². The van der Waals surface area contributed by atoms with Crippen LogP contribution in [-0.4, -0.2) is 54.3 Å². The van der Waals surface area contributed by atoms with Crippen molar-refractivity contribution < 1.29 is 4.74 Å². The van der Waals surface area contributed by atoms with Crippen molar-refractivity contribution in [2.75, 3.05) is 44.7 Å². The zero-order chi connectivity index (χ0) is 14.5. The average molecular weight is 294 g/mol. The molecule has 0 amide bonds. The Kier molecular flexibility index (Phi) is 5.28. The Hall–Kier alpha value is -1.24. The molecule has 1 saturated heterocycles. The van der Waals surface area contributed by atoms with Crippen molar-refractivity contribution in [3.63, 3.8) is 0 Å². The second-order valence-electron chi connectivity index (χ2n) is 5.05. The summed E-state index contributed by atoms with van der Waals surface area (Å²) in [5, 5.41) is 3.36. The molecule has 6 heteroatoms. The minimum atomic E-state index is 0.392. The van der Waals surface area contributed by atoms with Crippen LogP contribution in [0.15, 0.2) is 6.07 Å². The second-order valence-corrected chi connectivity index (χ2v) is 5.49. The molecule has 110 valence electrons. The molecule has 0 aliphatic carbocycles. The Morgan fingerprint density at radius 2 is 2.15 bits per heavy atom. The molecule has 0 unspecified atom stereocenters. The van der Waals surface area contributed by atoms with E-state index in [9.17, 15) is 0 Å². The number of ether oxygens (including phenoxy) is 1. The van der Waals surface area contributed by atoms with Crippen molar-refractivity contribution in [3.8, 4) is 0 Å². The summed E-state index contributed by atoms with van der Waals surface area (Å²) in [6, 6.07) is 2.00. The van der Waals surface area contributed by atoms with Crippen LogP contribution < -0.4 is 11.1 Å². The molecule has 0 radical (unpaired) electrons. The van der Waals surface area contributed by atoms with Crippen LogP contribution in [0.2, 0.25) is 0 Å². The second kappa shape index (κ2) is 6.97. The van der Waals surface area contributed by atoms with Gasteiger partial charge in [-0.05, 0) is 25.5 Å². The highest BCUT2D eigenvalue weighted by atomic mass is 32.1. The molecule has 0 spiro atoms. The van der Waals surface area contributed by atoms with Gasteiger partial charge in [0, 0.05) is 31.9 Å². The third-order valence-corrected chi connectivity index (χ3v) is 3.62. The molecule has 1 aliphatic rings. The van der Waals surface area contributed by atoms with E-state index in [1.54, 1.807) is 0 Å². The number of nitrogens with one attached hydrogen (secondary N) is 1. The molecule has 1 aromatic heterocycles. The number of rotatable bonds is 5. The van der Waals surface area contributed by atoms with Crippen molar-refractivity contribution >= 4 is 23.0 Å². The third-order valence-electron chi connectivity index (χ3n) is 3.42. The van der Waals surface area contributed by atoms with Gasteiger partial charge in [-0.2, -0.15) is 0 Å². The van der Waals surface area contributed by atoms with Crippen LogP contribution in [0.1, 0.15) is 16.8 Å². The summed E-state index contributed by atoms with van der Waals surface area (Å²) in [7, 11) is 0. The number of morpholine rings is 1. The summed E-state index contributed by atoms with van der Waals surface area (Å²) in [6.45, 7) is 9.40. The maximum Gasteiger partial charge on any atom is 0.136 e. The molecule has 1 aromatic rings. The van der Waals surface area contributed by atoms with Crippen molar-refractivity contribution in [2.45, 2.75) is 13.8 Å². The molecular formula is C14H22N4OS. The number of aryl methyl sites for hydroxylation is 2. The van der Waals surface area contributed by atoms with E-state index in [-0.39, 0.29) is 0 Å². The van der Waals surface area contributed by atoms with Crippen LogP contribution >= 0.6 is 12.2 Å². The summed E-state index contributed by atoms with van der Waals surface area (Å²) in [4.78, 5) is 7.28. The highest BCUT2D eigenvalue weighted by Crippen LogP contribution is 2.18. The van der Waals surface area contributed by atoms with Gasteiger partial charge in [-0.25, -0.2) is 4.98 Å². The Morgan fingerprint density at radius 3 is 2.80 bits per heavy atom. The van der Waals surface area contributed by atoms with E-state index in [1.165, 1.54) is 0 Å². The molecule has 1 aliphatic heterocycles. The number of thiocarbonyl (C=S) groups is 1. The van der Waals surface area contributed by atoms with Crippen LogP contribution in [0.25, 0.3) is 0 Å². The van der Waals surface area contributed by atoms with Crippen LogP contribution in [-0.2, 0) is 4.74 Å². The van der Waals surface area contributed by atoms with E-state index in [0.29, 0.717) is 4.99 Å². The Labute approximate surface area is 125 Å². The number of hydrogen-bond donors (Lipinski definition) is 2. The number of nitrogens with zero attached hydrogens (tertiary/aromatic N) is 2. The lowest BCUT2D eigenvalue weighted by atomic mass is 10.1. The fourth-order valence-electron chi connectivity index (χ4n) is 2.43. The normalized spacial score (nSPS) is 16.1. The fraction of sp³-hybridized carbons (Fsp3) is 0.571. The molecule has 0 saturated carbocycles. The number of anilines is 1. The van der Waals surface area contributed by atoms with Gasteiger partial charge < -0.3 is 15.8 Å². The number of hydrogen-bond acceptors (Lipinski definition) is 5. The summed E-state index contributed by atoms with van der Waals surface area (Å²) in [5.41, 5.74) is 8.70. The zero-order valence-corrected chi connectivity index (χ0v) is 12.9. The lowest BCUT2D eigenvalue weighted by Crippen LogP contribution is -2.39. The summed E-state index contributed by atoms with van der Waals surface area (Å²) in [5.74, 6) is 0.795. The molecule has 0 atom stereocenters. The first-order chi connectivity index (χ1) is 9.58. The van der Waals surface area contributed by atoms with E-state index in [2.05, 4.69) is 15.2 Å². The van der Waals surface area contributed by atoms with Gasteiger partial charge in [0.2, 0.25) is 0 Å². The maximum absolute atomic E-state index is 5.80. The predicted octanol–water partition coefficient (Wildman–Crippen LogP) is 1.08. The van der Waals surface area contributed by atoms with Crippen molar-refractivity contribution in [1.29, 1.82) is 0 Å². The molecule has 2 rings (SSSR count). The Morgan fingerprint density at radius 1 is 1.45 bits per heavy atom. The smallest absolute Gasteiger partial charge is 0.136 e. The molecule has 2 heterocycles. The first-order valence-electron chi connectivity index (χ1n) is 6.90. The van der Waals surface area contributed by atoms with Crippen molar-refractivity contribution in [3.05, 3.63) is 22.9 Å². The van der Waals surface area contributed by atoms with Gasteiger partial charge in [-0.15, -0.1) is 0 Å². The molecule has 1 fully saturated rings. The third kappa shape index (κ3) is 3.88. The number of pyridine rings is 1. The lowest BCUT2D eigenvalue weighted by Gasteiger charge is -2.26. The van der Waals surface area contributed by atoms with Gasteiger partial charge in [0.05, 0.1) is 18.8 Å². The Bertz CT molecular complexity index is 486. The van der Waals surface area contributed by atoms with Gasteiger partial charge in [0.25, 0.3) is 0 Å². The van der Waals surface area contributed by atoms with E-state index in [4.69, 9.17) is 22.7 Å². The summed E-state index contributed by atoms with van der Waals surface area (Å²) in [6.07, 6.45) is 0. The van der Waals surface area contributed by atoms with Crippen molar-refractivity contribution in [1.82, 2.24) is 9.88 Å². The quantitative estimate of drug-likeness (QED) is 0.792. The number of aromatic nitrogens is 1. The molecular weight excluding hydrogens is 272 g/mol.